The number of aromatic amines is 1. The van der Waals surface area contributed by atoms with Gasteiger partial charge in [-0.2, -0.15) is 0 Å². The lowest BCUT2D eigenvalue weighted by Gasteiger charge is -2.62. The van der Waals surface area contributed by atoms with E-state index in [4.69, 9.17) is 0 Å². The maximum atomic E-state index is 3.86. The largest absolute Gasteiger partial charge is 0.364 e. The van der Waals surface area contributed by atoms with Crippen molar-refractivity contribution in [1.82, 2.24) is 10.3 Å². The molecule has 2 nitrogen and oxygen atoms in total. The summed E-state index contributed by atoms with van der Waals surface area (Å²) in [7, 11) is 0. The van der Waals surface area contributed by atoms with Crippen molar-refractivity contribution < 1.29 is 0 Å². The molecule has 5 rings (SSSR count). The zero-order chi connectivity index (χ0) is 13.9. The van der Waals surface area contributed by atoms with E-state index in [1.807, 2.05) is 0 Å². The van der Waals surface area contributed by atoms with E-state index in [2.05, 4.69) is 43.3 Å². The van der Waals surface area contributed by atoms with Crippen molar-refractivity contribution >= 4 is 0 Å². The van der Waals surface area contributed by atoms with Crippen LogP contribution in [0.3, 0.4) is 0 Å². The number of hydrogen-bond donors (Lipinski definition) is 2. The van der Waals surface area contributed by atoms with Gasteiger partial charge in [0.2, 0.25) is 0 Å². The topological polar surface area (TPSA) is 27.8 Å². The molecule has 0 unspecified atom stereocenters. The summed E-state index contributed by atoms with van der Waals surface area (Å²) in [5, 5.41) is 3.86. The second kappa shape index (κ2) is 4.37. The molecule has 2 N–H and O–H groups in total. The van der Waals surface area contributed by atoms with E-state index >= 15 is 0 Å². The molecule has 0 spiro atoms. The van der Waals surface area contributed by atoms with Crippen molar-refractivity contribution in [3.63, 3.8) is 0 Å². The minimum Gasteiger partial charge on any atom is -0.364 e. The maximum absolute atomic E-state index is 3.86. The van der Waals surface area contributed by atoms with Crippen LogP contribution in [0.2, 0.25) is 0 Å². The van der Waals surface area contributed by atoms with Crippen LogP contribution in [-0.4, -0.2) is 11.0 Å². The molecule has 0 aromatic carbocycles. The van der Waals surface area contributed by atoms with Crippen LogP contribution in [-0.2, 0) is 6.54 Å². The average molecular weight is 272 g/mol. The third-order valence-electron chi connectivity index (χ3n) is 6.78. The van der Waals surface area contributed by atoms with Gasteiger partial charge in [0.05, 0.1) is 0 Å². The number of fused-ring (bicyclic) bond motifs is 2. The van der Waals surface area contributed by atoms with E-state index in [1.54, 1.807) is 5.56 Å². The van der Waals surface area contributed by atoms with Crippen LogP contribution in [0.25, 0.3) is 0 Å². The van der Waals surface area contributed by atoms with E-state index in [1.165, 1.54) is 31.4 Å². The summed E-state index contributed by atoms with van der Waals surface area (Å²) >= 11 is 0. The highest BCUT2D eigenvalue weighted by molar-refractivity contribution is 5.28. The molecular formula is C18H28N2. The van der Waals surface area contributed by atoms with E-state index in [9.17, 15) is 0 Å². The van der Waals surface area contributed by atoms with Gasteiger partial charge in [-0.25, -0.2) is 0 Å². The molecule has 4 aliphatic carbocycles. The van der Waals surface area contributed by atoms with Gasteiger partial charge < -0.3 is 10.3 Å². The van der Waals surface area contributed by atoms with Crippen LogP contribution in [0, 0.1) is 23.2 Å². The molecule has 2 bridgehead atoms. The summed E-state index contributed by atoms with van der Waals surface area (Å²) in [6.45, 7) is 8.47. The van der Waals surface area contributed by atoms with E-state index in [-0.39, 0.29) is 0 Å². The summed E-state index contributed by atoms with van der Waals surface area (Å²) in [4.78, 5) is 3.46. The van der Waals surface area contributed by atoms with Gasteiger partial charge >= 0.3 is 0 Å². The smallest absolute Gasteiger partial charge is 0.0362 e. The molecule has 2 heteroatoms. The van der Waals surface area contributed by atoms with Gasteiger partial charge in [0.25, 0.3) is 0 Å². The molecule has 1 heterocycles. The van der Waals surface area contributed by atoms with E-state index in [0.29, 0.717) is 5.41 Å². The molecule has 0 saturated heterocycles. The fraction of sp³-hybridized carbons (Fsp3) is 0.778. The molecule has 0 radical (unpaired) electrons. The zero-order valence-electron chi connectivity index (χ0n) is 13.1. The van der Waals surface area contributed by atoms with Crippen molar-refractivity contribution in [3.8, 4) is 0 Å². The zero-order valence-corrected chi connectivity index (χ0v) is 13.1. The molecule has 4 atom stereocenters. The first-order chi connectivity index (χ1) is 9.57. The third-order valence-corrected chi connectivity index (χ3v) is 6.78. The highest BCUT2D eigenvalue weighted by atomic mass is 15.0. The summed E-state index contributed by atoms with van der Waals surface area (Å²) in [6.07, 6.45) is 7.76. The number of H-pyrrole nitrogens is 1. The molecule has 110 valence electrons. The lowest BCUT2D eigenvalue weighted by Crippen LogP contribution is -2.59. The first-order valence-electron chi connectivity index (χ1n) is 8.47. The Kier molecular flexibility index (Phi) is 2.82. The maximum Gasteiger partial charge on any atom is 0.0362 e. The number of aromatic nitrogens is 1. The molecule has 4 fully saturated rings. The fourth-order valence-corrected chi connectivity index (χ4v) is 5.00. The Balaban J connectivity index is 1.39. The Morgan fingerprint density at radius 3 is 2.75 bits per heavy atom. The van der Waals surface area contributed by atoms with Crippen molar-refractivity contribution in [1.29, 1.82) is 0 Å². The van der Waals surface area contributed by atoms with E-state index in [0.717, 1.165) is 36.3 Å². The van der Waals surface area contributed by atoms with Gasteiger partial charge in [-0.05, 0) is 66.4 Å². The minimum absolute atomic E-state index is 0.600. The Bertz CT molecular complexity index is 497. The molecule has 1 aromatic rings. The van der Waals surface area contributed by atoms with Crippen LogP contribution in [0.4, 0.5) is 0 Å². The summed E-state index contributed by atoms with van der Waals surface area (Å²) in [5.41, 5.74) is 3.62. The minimum atomic E-state index is 0.600. The predicted molar refractivity (Wildman–Crippen MR) is 82.6 cm³/mol. The summed E-state index contributed by atoms with van der Waals surface area (Å²) in [6, 6.07) is 3.02. The van der Waals surface area contributed by atoms with Crippen molar-refractivity contribution in [3.05, 3.63) is 23.5 Å². The Morgan fingerprint density at radius 1 is 1.30 bits per heavy atom. The second-order valence-electron chi connectivity index (χ2n) is 8.13. The lowest BCUT2D eigenvalue weighted by atomic mass is 9.45. The molecule has 20 heavy (non-hydrogen) atoms. The highest BCUT2D eigenvalue weighted by Crippen LogP contribution is 2.61. The van der Waals surface area contributed by atoms with Crippen molar-refractivity contribution in [2.75, 3.05) is 0 Å². The molecule has 4 aliphatic rings. The van der Waals surface area contributed by atoms with Crippen LogP contribution in [0.5, 0.6) is 0 Å². The van der Waals surface area contributed by atoms with E-state index < -0.39 is 0 Å². The third kappa shape index (κ3) is 1.88. The number of hydrogen-bond acceptors (Lipinski definition) is 1. The molecule has 1 aromatic heterocycles. The molecular weight excluding hydrogens is 244 g/mol. The molecule has 4 saturated carbocycles. The normalized spacial score (nSPS) is 38.5. The SMILES string of the molecule is C[C@@H]1[C@H]2C[C@@H](C[C@H]1NCc1[nH]ccc1C1CC1)C2(C)C. The molecule has 0 amide bonds. The summed E-state index contributed by atoms with van der Waals surface area (Å²) in [5.74, 6) is 3.57. The van der Waals surface area contributed by atoms with Gasteiger partial charge in [-0.1, -0.05) is 20.8 Å². The van der Waals surface area contributed by atoms with Crippen LogP contribution in [0.1, 0.15) is 63.6 Å². The average Bonchev–Trinajstić information content (AvgIpc) is 3.16. The van der Waals surface area contributed by atoms with Gasteiger partial charge in [-0.15, -0.1) is 0 Å². The van der Waals surface area contributed by atoms with Crippen molar-refractivity contribution in [2.24, 2.45) is 23.2 Å². The van der Waals surface area contributed by atoms with Gasteiger partial charge in [0, 0.05) is 24.5 Å². The highest BCUT2D eigenvalue weighted by Gasteiger charge is 2.55. The van der Waals surface area contributed by atoms with Crippen molar-refractivity contribution in [2.45, 2.75) is 65.0 Å². The van der Waals surface area contributed by atoms with Gasteiger partial charge in [0.1, 0.15) is 0 Å². The quantitative estimate of drug-likeness (QED) is 0.850. The standard InChI is InChI=1S/C18H28N2/c1-11-15-8-13(18(15,2)3)9-16(11)20-10-17-14(6-7-19-17)12-4-5-12/h6-7,11-13,15-16,19-20H,4-5,8-10H2,1-3H3/t11-,13+,15-,16-/m1/s1. The Hall–Kier alpha value is -0.760. The van der Waals surface area contributed by atoms with Crippen LogP contribution < -0.4 is 5.32 Å². The molecule has 0 aliphatic heterocycles. The Labute approximate surface area is 122 Å². The van der Waals surface area contributed by atoms with Crippen LogP contribution >= 0.6 is 0 Å². The monoisotopic (exact) mass is 272 g/mol. The number of nitrogens with one attached hydrogen (secondary N) is 2. The first kappa shape index (κ1) is 12.9. The van der Waals surface area contributed by atoms with Gasteiger partial charge in [-0.3, -0.25) is 0 Å². The predicted octanol–water partition coefficient (Wildman–Crippen LogP) is 4.05. The lowest BCUT2D eigenvalue weighted by molar-refractivity contribution is -0.115. The first-order valence-corrected chi connectivity index (χ1v) is 8.47. The second-order valence-corrected chi connectivity index (χ2v) is 8.13. The summed E-state index contributed by atoms with van der Waals surface area (Å²) < 4.78 is 0. The van der Waals surface area contributed by atoms with Crippen LogP contribution in [0.15, 0.2) is 12.3 Å². The Morgan fingerprint density at radius 2 is 2.10 bits per heavy atom. The fourth-order valence-electron chi connectivity index (χ4n) is 5.00. The number of rotatable bonds is 4. The van der Waals surface area contributed by atoms with Gasteiger partial charge in [0.15, 0.2) is 0 Å².